The summed E-state index contributed by atoms with van der Waals surface area (Å²) in [5.74, 6) is -1.52. The van der Waals surface area contributed by atoms with E-state index in [1.165, 1.54) is 13.0 Å². The van der Waals surface area contributed by atoms with Gasteiger partial charge in [-0.15, -0.1) is 0 Å². The van der Waals surface area contributed by atoms with Crippen molar-refractivity contribution in [1.29, 1.82) is 0 Å². The fraction of sp³-hybridized carbons (Fsp3) is 0.353. The molecule has 42 heavy (non-hydrogen) atoms. The van der Waals surface area contributed by atoms with E-state index in [1.807, 2.05) is 85.2 Å². The molecule has 0 bridgehead atoms. The minimum atomic E-state index is -1.49. The van der Waals surface area contributed by atoms with Crippen molar-refractivity contribution in [2.24, 2.45) is 0 Å². The van der Waals surface area contributed by atoms with E-state index in [0.717, 1.165) is 22.5 Å². The fourth-order valence-corrected chi connectivity index (χ4v) is 5.48. The van der Waals surface area contributed by atoms with Crippen LogP contribution in [0.15, 0.2) is 78.9 Å². The molecule has 1 heterocycles. The van der Waals surface area contributed by atoms with E-state index in [2.05, 4.69) is 5.32 Å². The number of anilines is 1. The molecule has 0 radical (unpaired) electrons. The molecule has 0 saturated heterocycles. The molecule has 0 spiro atoms. The zero-order valence-corrected chi connectivity index (χ0v) is 24.3. The number of benzene rings is 2. The number of carbonyl (C=O) groups excluding carboxylic acids is 1. The first-order valence-corrected chi connectivity index (χ1v) is 14.3. The molecule has 8 heteroatoms. The number of hydrogen-bond acceptors (Lipinski definition) is 4. The number of carbonyl (C=O) groups is 2. The Labute approximate surface area is 246 Å². The van der Waals surface area contributed by atoms with Gasteiger partial charge in [-0.1, -0.05) is 74.5 Å². The van der Waals surface area contributed by atoms with Gasteiger partial charge in [-0.2, -0.15) is 0 Å². The average Bonchev–Trinajstić information content (AvgIpc) is 3.28. The first-order valence-electron chi connectivity index (χ1n) is 14.3. The summed E-state index contributed by atoms with van der Waals surface area (Å²) < 4.78 is 16.9. The largest absolute Gasteiger partial charge is 0.481 e. The molecule has 0 saturated carbocycles. The third-order valence-corrected chi connectivity index (χ3v) is 7.42. The number of allylic oxidation sites excluding steroid dienone is 4. The number of alkyl halides is 1. The van der Waals surface area contributed by atoms with Crippen LogP contribution in [-0.2, 0) is 11.3 Å². The maximum absolute atomic E-state index is 14.8. The van der Waals surface area contributed by atoms with Gasteiger partial charge >= 0.3 is 5.97 Å². The minimum absolute atomic E-state index is 0.0877. The number of amides is 1. The Morgan fingerprint density at radius 1 is 1.02 bits per heavy atom. The minimum Gasteiger partial charge on any atom is -0.481 e. The summed E-state index contributed by atoms with van der Waals surface area (Å²) in [4.78, 5) is 25.1. The monoisotopic (exact) mass is 574 g/mol. The lowest BCUT2D eigenvalue weighted by atomic mass is 9.90. The molecule has 0 fully saturated rings. The van der Waals surface area contributed by atoms with Crippen LogP contribution in [0.5, 0.6) is 0 Å². The number of aliphatic hydroxyl groups is 2. The highest BCUT2D eigenvalue weighted by Gasteiger charge is 2.32. The van der Waals surface area contributed by atoms with Crippen LogP contribution in [-0.4, -0.2) is 49.6 Å². The highest BCUT2D eigenvalue weighted by atomic mass is 19.1. The van der Waals surface area contributed by atoms with Gasteiger partial charge in [0, 0.05) is 29.9 Å². The van der Waals surface area contributed by atoms with Gasteiger partial charge in [0.1, 0.15) is 5.67 Å². The van der Waals surface area contributed by atoms with Crippen LogP contribution in [0.1, 0.15) is 74.1 Å². The molecule has 3 atom stereocenters. The molecular formula is C34H39FN2O5. The summed E-state index contributed by atoms with van der Waals surface area (Å²) in [5.41, 5.74) is 3.48. The number of rotatable bonds is 12. The van der Waals surface area contributed by atoms with Crippen molar-refractivity contribution in [1.82, 2.24) is 4.57 Å². The summed E-state index contributed by atoms with van der Waals surface area (Å²) in [7, 11) is 0. The van der Waals surface area contributed by atoms with Crippen molar-refractivity contribution >= 4 is 23.1 Å². The molecule has 3 aromatic rings. The van der Waals surface area contributed by atoms with E-state index in [4.69, 9.17) is 5.11 Å². The quantitative estimate of drug-likeness (QED) is 0.195. The fourth-order valence-electron chi connectivity index (χ4n) is 5.48. The lowest BCUT2D eigenvalue weighted by molar-refractivity contribution is -0.139. The molecule has 3 unspecified atom stereocenters. The zero-order chi connectivity index (χ0) is 30.4. The number of nitrogens with zero attached hydrogens (tertiary/aromatic N) is 1. The van der Waals surface area contributed by atoms with E-state index in [9.17, 15) is 24.2 Å². The van der Waals surface area contributed by atoms with Gasteiger partial charge in [0.2, 0.25) is 0 Å². The van der Waals surface area contributed by atoms with Gasteiger partial charge in [-0.3, -0.25) is 9.59 Å². The van der Waals surface area contributed by atoms with Crippen LogP contribution in [0.25, 0.3) is 16.7 Å². The third kappa shape index (κ3) is 7.43. The molecule has 1 aliphatic rings. The van der Waals surface area contributed by atoms with Crippen LogP contribution in [0.4, 0.5) is 10.1 Å². The first kappa shape index (κ1) is 30.9. The molecule has 1 aromatic heterocycles. The van der Waals surface area contributed by atoms with Gasteiger partial charge in [0.05, 0.1) is 29.9 Å². The van der Waals surface area contributed by atoms with Gasteiger partial charge in [-0.05, 0) is 55.0 Å². The first-order chi connectivity index (χ1) is 20.0. The molecular weight excluding hydrogens is 535 g/mol. The van der Waals surface area contributed by atoms with Crippen LogP contribution in [0, 0.1) is 0 Å². The second kappa shape index (κ2) is 13.3. The van der Waals surface area contributed by atoms with Gasteiger partial charge in [0.25, 0.3) is 5.91 Å². The molecule has 4 N–H and O–H groups in total. The lowest BCUT2D eigenvalue weighted by Gasteiger charge is -2.23. The Morgan fingerprint density at radius 2 is 1.67 bits per heavy atom. The molecule has 222 valence electrons. The smallest absolute Gasteiger partial charge is 0.305 e. The van der Waals surface area contributed by atoms with Crippen molar-refractivity contribution in [3.8, 4) is 11.1 Å². The van der Waals surface area contributed by atoms with E-state index in [1.54, 1.807) is 6.08 Å². The van der Waals surface area contributed by atoms with E-state index in [-0.39, 0.29) is 31.1 Å². The highest BCUT2D eigenvalue weighted by Crippen LogP contribution is 2.42. The highest BCUT2D eigenvalue weighted by molar-refractivity contribution is 6.12. The maximum atomic E-state index is 14.8. The summed E-state index contributed by atoms with van der Waals surface area (Å²) in [6.45, 7) is 5.81. The number of aliphatic carboxylic acids is 1. The Balaban J connectivity index is 1.88. The number of nitrogens with one attached hydrogen (secondary N) is 1. The number of aromatic nitrogens is 1. The topological polar surface area (TPSA) is 112 Å². The van der Waals surface area contributed by atoms with Crippen LogP contribution in [0.2, 0.25) is 0 Å². The zero-order valence-electron chi connectivity index (χ0n) is 24.3. The van der Waals surface area contributed by atoms with Crippen molar-refractivity contribution < 1.29 is 29.3 Å². The van der Waals surface area contributed by atoms with Crippen molar-refractivity contribution in [2.45, 2.75) is 76.8 Å². The summed E-state index contributed by atoms with van der Waals surface area (Å²) in [6.07, 6.45) is 2.82. The van der Waals surface area contributed by atoms with Gasteiger partial charge < -0.3 is 25.2 Å². The Morgan fingerprint density at radius 3 is 2.24 bits per heavy atom. The second-order valence-electron chi connectivity index (χ2n) is 11.4. The number of halogens is 1. The Bertz CT molecular complexity index is 1460. The maximum Gasteiger partial charge on any atom is 0.305 e. The Hall–Kier alpha value is -4.01. The lowest BCUT2D eigenvalue weighted by Crippen LogP contribution is -2.23. The van der Waals surface area contributed by atoms with Gasteiger partial charge in [-0.25, -0.2) is 4.39 Å². The summed E-state index contributed by atoms with van der Waals surface area (Å²) in [5, 5.41) is 32.9. The molecule has 4 rings (SSSR count). The number of carboxylic acid groups (broad SMARTS) is 1. The standard InChI is InChI=1S/C34H39FN2O5/c1-22(2)31-30(33(42)36-25-12-8-5-9-13-25)29(23-10-6-4-7-11-23)32(24-14-17-34(3,35)18-15-24)37(31)19-16-26(38)20-27(39)21-28(40)41/h4-15,17,22,26-27,38-39H,16,18-21H2,1-3H3,(H,36,42)(H,40,41). The average molecular weight is 575 g/mol. The SMILES string of the molecule is CC(C)c1c(C(=O)Nc2ccccc2)c(-c2ccccc2)c(C2=CCC(C)(F)C=C2)n1CCC(O)CC(O)CC(=O)O. The molecule has 7 nitrogen and oxygen atoms in total. The van der Waals surface area contributed by atoms with Crippen molar-refractivity contribution in [3.63, 3.8) is 0 Å². The molecule has 0 aliphatic heterocycles. The van der Waals surface area contributed by atoms with E-state index < -0.39 is 30.3 Å². The summed E-state index contributed by atoms with van der Waals surface area (Å²) >= 11 is 0. The van der Waals surface area contributed by atoms with Crippen LogP contribution in [0.3, 0.4) is 0 Å². The van der Waals surface area contributed by atoms with Crippen molar-refractivity contribution in [3.05, 3.63) is 95.8 Å². The van der Waals surface area contributed by atoms with Crippen LogP contribution >= 0.6 is 0 Å². The second-order valence-corrected chi connectivity index (χ2v) is 11.4. The predicted octanol–water partition coefficient (Wildman–Crippen LogP) is 6.58. The van der Waals surface area contributed by atoms with Crippen LogP contribution < -0.4 is 5.32 Å². The predicted molar refractivity (Wildman–Crippen MR) is 163 cm³/mol. The van der Waals surface area contributed by atoms with Gasteiger partial charge in [0.15, 0.2) is 0 Å². The van der Waals surface area contributed by atoms with E-state index >= 15 is 0 Å². The molecule has 2 aromatic carbocycles. The molecule has 1 amide bonds. The molecule has 1 aliphatic carbocycles. The summed E-state index contributed by atoms with van der Waals surface area (Å²) in [6, 6.07) is 18.8. The number of para-hydroxylation sites is 1. The Kier molecular flexibility index (Phi) is 9.81. The number of hydrogen-bond donors (Lipinski definition) is 4. The van der Waals surface area contributed by atoms with Crippen molar-refractivity contribution in [2.75, 3.05) is 5.32 Å². The number of aliphatic hydroxyl groups excluding tert-OH is 2. The third-order valence-electron chi connectivity index (χ3n) is 7.42. The van der Waals surface area contributed by atoms with E-state index in [0.29, 0.717) is 23.4 Å². The normalized spacial score (nSPS) is 18.0. The number of carboxylic acids is 1.